The summed E-state index contributed by atoms with van der Waals surface area (Å²) in [6.07, 6.45) is 1.62. The zero-order valence-corrected chi connectivity index (χ0v) is 10.7. The quantitative estimate of drug-likeness (QED) is 0.495. The molecule has 0 unspecified atom stereocenters. The van der Waals surface area contributed by atoms with E-state index < -0.39 is 4.92 Å². The van der Waals surface area contributed by atoms with Crippen molar-refractivity contribution in [3.05, 3.63) is 44.7 Å². The summed E-state index contributed by atoms with van der Waals surface area (Å²) in [6, 6.07) is 4.70. The van der Waals surface area contributed by atoms with Gasteiger partial charge >= 0.3 is 0 Å². The van der Waals surface area contributed by atoms with E-state index in [0.29, 0.717) is 15.9 Å². The number of alkyl halides is 1. The van der Waals surface area contributed by atoms with Gasteiger partial charge in [-0.25, -0.2) is 4.68 Å². The molecule has 0 fully saturated rings. The minimum absolute atomic E-state index is 0.0228. The molecule has 1 heterocycles. The smallest absolute Gasteiger partial charge is 0.258 e. The van der Waals surface area contributed by atoms with Gasteiger partial charge in [0.15, 0.2) is 0 Å². The third-order valence-electron chi connectivity index (χ3n) is 2.07. The summed E-state index contributed by atoms with van der Waals surface area (Å²) >= 11 is 8.72. The molecule has 0 N–H and O–H groups in total. The van der Waals surface area contributed by atoms with Crippen molar-refractivity contribution in [1.29, 1.82) is 0 Å². The second-order valence-electron chi connectivity index (χ2n) is 3.18. The topological polar surface area (TPSA) is 73.8 Å². The molecule has 1 aromatic carbocycles. The number of nitro benzene ring substituents is 1. The van der Waals surface area contributed by atoms with Crippen LogP contribution in [-0.4, -0.2) is 19.9 Å². The molecule has 0 bridgehead atoms. The number of hydrogen-bond acceptors (Lipinski definition) is 4. The van der Waals surface area contributed by atoms with Gasteiger partial charge in [-0.1, -0.05) is 5.21 Å². The molecule has 0 amide bonds. The molecular formula is C9H6BrClN4O2. The second kappa shape index (κ2) is 4.80. The third kappa shape index (κ3) is 2.45. The zero-order valence-electron chi connectivity index (χ0n) is 8.38. The predicted molar refractivity (Wildman–Crippen MR) is 65.3 cm³/mol. The molecule has 2 rings (SSSR count). The Labute approximate surface area is 109 Å². The number of rotatable bonds is 3. The van der Waals surface area contributed by atoms with Crippen LogP contribution in [0.4, 0.5) is 5.69 Å². The first kappa shape index (κ1) is 12.0. The Bertz CT molecular complexity index is 572. The lowest BCUT2D eigenvalue weighted by molar-refractivity contribution is -0.385. The summed E-state index contributed by atoms with van der Waals surface area (Å²) in [5.41, 5.74) is 1.14. The minimum Gasteiger partial charge on any atom is -0.258 e. The number of aromatic nitrogens is 3. The van der Waals surface area contributed by atoms with Gasteiger partial charge in [-0.15, -0.1) is 16.7 Å². The van der Waals surface area contributed by atoms with Gasteiger partial charge in [-0.3, -0.25) is 10.1 Å². The molecular weight excluding hydrogens is 311 g/mol. The van der Waals surface area contributed by atoms with Crippen LogP contribution in [0.1, 0.15) is 5.69 Å². The molecule has 0 radical (unpaired) electrons. The number of nitro groups is 1. The molecule has 2 aromatic rings. The van der Waals surface area contributed by atoms with Gasteiger partial charge in [0.1, 0.15) is 0 Å². The van der Waals surface area contributed by atoms with Gasteiger partial charge in [0.2, 0.25) is 0 Å². The van der Waals surface area contributed by atoms with Crippen LogP contribution in [0.25, 0.3) is 5.69 Å². The van der Waals surface area contributed by atoms with E-state index in [1.165, 1.54) is 10.7 Å². The normalized spacial score (nSPS) is 10.5. The van der Waals surface area contributed by atoms with Gasteiger partial charge in [-0.2, -0.15) is 0 Å². The Kier molecular flexibility index (Phi) is 3.39. The number of halogens is 2. The highest BCUT2D eigenvalue weighted by atomic mass is 79.9. The monoisotopic (exact) mass is 316 g/mol. The first-order valence-electron chi connectivity index (χ1n) is 4.53. The van der Waals surface area contributed by atoms with E-state index in [2.05, 4.69) is 26.2 Å². The molecule has 1 aromatic heterocycles. The maximum Gasteiger partial charge on any atom is 0.285 e. The van der Waals surface area contributed by atoms with E-state index in [1.54, 1.807) is 18.3 Å². The van der Waals surface area contributed by atoms with Crippen molar-refractivity contribution >= 4 is 33.2 Å². The van der Waals surface area contributed by atoms with Crippen LogP contribution < -0.4 is 0 Å². The maximum atomic E-state index is 10.8. The second-order valence-corrected chi connectivity index (χ2v) is 4.30. The molecule has 0 aliphatic carbocycles. The Morgan fingerprint density at radius 1 is 1.53 bits per heavy atom. The van der Waals surface area contributed by atoms with Crippen molar-refractivity contribution in [3.63, 3.8) is 0 Å². The molecule has 17 heavy (non-hydrogen) atoms. The van der Waals surface area contributed by atoms with Crippen LogP contribution in [0.15, 0.2) is 28.9 Å². The highest BCUT2D eigenvalue weighted by molar-refractivity contribution is 9.10. The predicted octanol–water partition coefficient (Wildman–Crippen LogP) is 2.68. The van der Waals surface area contributed by atoms with Gasteiger partial charge < -0.3 is 0 Å². The molecule has 0 atom stereocenters. The fourth-order valence-corrected chi connectivity index (χ4v) is 1.78. The largest absolute Gasteiger partial charge is 0.285 e. The molecule has 0 saturated carbocycles. The van der Waals surface area contributed by atoms with Crippen molar-refractivity contribution in [1.82, 2.24) is 15.0 Å². The van der Waals surface area contributed by atoms with E-state index in [4.69, 9.17) is 11.6 Å². The van der Waals surface area contributed by atoms with E-state index in [9.17, 15) is 10.1 Å². The fourth-order valence-electron chi connectivity index (χ4n) is 1.27. The highest BCUT2D eigenvalue weighted by Crippen LogP contribution is 2.26. The van der Waals surface area contributed by atoms with Crippen molar-refractivity contribution < 1.29 is 4.92 Å². The average molecular weight is 318 g/mol. The lowest BCUT2D eigenvalue weighted by atomic mass is 10.3. The third-order valence-corrected chi connectivity index (χ3v) is 3.01. The summed E-state index contributed by atoms with van der Waals surface area (Å²) in [5.74, 6) is 0.249. The number of hydrogen-bond donors (Lipinski definition) is 0. The Morgan fingerprint density at radius 3 is 2.88 bits per heavy atom. The molecule has 0 aliphatic rings. The van der Waals surface area contributed by atoms with E-state index in [1.807, 2.05) is 0 Å². The molecule has 88 valence electrons. The van der Waals surface area contributed by atoms with Crippen LogP contribution in [0.5, 0.6) is 0 Å². The molecule has 6 nitrogen and oxygen atoms in total. The van der Waals surface area contributed by atoms with Crippen LogP contribution in [0.3, 0.4) is 0 Å². The average Bonchev–Trinajstić information content (AvgIpc) is 2.78. The molecule has 8 heteroatoms. The molecule has 0 spiro atoms. The first-order valence-corrected chi connectivity index (χ1v) is 5.86. The zero-order chi connectivity index (χ0) is 12.4. The first-order chi connectivity index (χ1) is 8.11. The number of nitrogens with zero attached hydrogens (tertiary/aromatic N) is 4. The highest BCUT2D eigenvalue weighted by Gasteiger charge is 2.13. The van der Waals surface area contributed by atoms with Crippen LogP contribution in [0.2, 0.25) is 0 Å². The van der Waals surface area contributed by atoms with Crippen molar-refractivity contribution in [3.8, 4) is 5.69 Å². The summed E-state index contributed by atoms with van der Waals surface area (Å²) in [5, 5.41) is 18.4. The van der Waals surface area contributed by atoms with E-state index in [-0.39, 0.29) is 11.6 Å². The summed E-state index contributed by atoms with van der Waals surface area (Å²) in [7, 11) is 0. The van der Waals surface area contributed by atoms with E-state index >= 15 is 0 Å². The van der Waals surface area contributed by atoms with Gasteiger partial charge in [0.25, 0.3) is 5.69 Å². The summed E-state index contributed by atoms with van der Waals surface area (Å²) in [6.45, 7) is 0. The SMILES string of the molecule is O=[N+]([O-])c1cc(-n2cc(CCl)nn2)ccc1Br. The Balaban J connectivity index is 2.46. The Morgan fingerprint density at radius 2 is 2.29 bits per heavy atom. The number of benzene rings is 1. The van der Waals surface area contributed by atoms with Crippen molar-refractivity contribution in [2.24, 2.45) is 0 Å². The van der Waals surface area contributed by atoms with Gasteiger partial charge in [-0.05, 0) is 28.1 Å². The van der Waals surface area contributed by atoms with Gasteiger partial charge in [0.05, 0.1) is 32.9 Å². The lowest BCUT2D eigenvalue weighted by Crippen LogP contribution is -1.97. The summed E-state index contributed by atoms with van der Waals surface area (Å²) in [4.78, 5) is 10.3. The fraction of sp³-hybridized carbons (Fsp3) is 0.111. The summed E-state index contributed by atoms with van der Waals surface area (Å²) < 4.78 is 1.86. The van der Waals surface area contributed by atoms with Crippen LogP contribution >= 0.6 is 27.5 Å². The Hall–Kier alpha value is -1.47. The maximum absolute atomic E-state index is 10.8. The van der Waals surface area contributed by atoms with Crippen LogP contribution in [-0.2, 0) is 5.88 Å². The van der Waals surface area contributed by atoms with Crippen molar-refractivity contribution in [2.75, 3.05) is 0 Å². The minimum atomic E-state index is -0.465. The standard InChI is InChI=1S/C9H6BrClN4O2/c10-8-2-1-7(3-9(8)15(16)17)14-5-6(4-11)12-13-14/h1-3,5H,4H2. The van der Waals surface area contributed by atoms with Gasteiger partial charge in [0, 0.05) is 6.07 Å². The van der Waals surface area contributed by atoms with Crippen LogP contribution in [0, 0.1) is 10.1 Å². The molecule has 0 aliphatic heterocycles. The van der Waals surface area contributed by atoms with Crippen molar-refractivity contribution in [2.45, 2.75) is 5.88 Å². The van der Waals surface area contributed by atoms with E-state index in [0.717, 1.165) is 0 Å². The molecule has 0 saturated heterocycles. The lowest BCUT2D eigenvalue weighted by Gasteiger charge is -2.01.